The van der Waals surface area contributed by atoms with Crippen LogP contribution in [0.5, 0.6) is 0 Å². The maximum Gasteiger partial charge on any atom is 0.251 e. The average Bonchev–Trinajstić information content (AvgIpc) is 2.30. The number of amides is 1. The molecule has 0 aliphatic heterocycles. The third-order valence-electron chi connectivity index (χ3n) is 1.45. The largest absolute Gasteiger partial charge is 0.390 e. The lowest BCUT2D eigenvalue weighted by Gasteiger charge is -1.88. The zero-order valence-electron chi connectivity index (χ0n) is 6.76. The monoisotopic (exact) mass is 182 g/mol. The molecule has 1 aromatic rings. The summed E-state index contributed by atoms with van der Waals surface area (Å²) in [6.45, 7) is 5.60. The molecule has 0 aromatic carbocycles. The van der Waals surface area contributed by atoms with E-state index in [-0.39, 0.29) is 0 Å². The van der Waals surface area contributed by atoms with E-state index >= 15 is 0 Å². The van der Waals surface area contributed by atoms with Crippen LogP contribution in [-0.2, 0) is 0 Å². The van der Waals surface area contributed by atoms with Crippen LogP contribution in [0.3, 0.4) is 0 Å². The lowest BCUT2D eigenvalue weighted by molar-refractivity contribution is 0.100. The van der Waals surface area contributed by atoms with Crippen molar-refractivity contribution in [3.8, 4) is 0 Å². The summed E-state index contributed by atoms with van der Waals surface area (Å²) in [5.41, 5.74) is 11.9. The molecule has 0 bridgehead atoms. The zero-order chi connectivity index (χ0) is 9.30. The Balaban J connectivity index is 3.17. The molecular formula is C8H10N2OS. The van der Waals surface area contributed by atoms with Crippen LogP contribution in [0.4, 0.5) is 5.00 Å². The Kier molecular flexibility index (Phi) is 2.19. The van der Waals surface area contributed by atoms with E-state index in [1.54, 1.807) is 6.07 Å². The molecule has 0 atom stereocenters. The molecule has 0 aliphatic carbocycles. The summed E-state index contributed by atoms with van der Waals surface area (Å²) in [4.78, 5) is 11.7. The molecule has 4 N–H and O–H groups in total. The number of hydrogen-bond donors (Lipinski definition) is 2. The van der Waals surface area contributed by atoms with Gasteiger partial charge in [-0.2, -0.15) is 0 Å². The number of carbonyl (C=O) groups is 1. The van der Waals surface area contributed by atoms with Gasteiger partial charge in [-0.1, -0.05) is 6.58 Å². The Labute approximate surface area is 74.7 Å². The van der Waals surface area contributed by atoms with E-state index in [4.69, 9.17) is 11.5 Å². The fraction of sp³-hybridized carbons (Fsp3) is 0.125. The van der Waals surface area contributed by atoms with Gasteiger partial charge in [0.2, 0.25) is 0 Å². The summed E-state index contributed by atoms with van der Waals surface area (Å²) in [6.07, 6.45) is 0. The van der Waals surface area contributed by atoms with E-state index in [0.717, 1.165) is 10.5 Å². The van der Waals surface area contributed by atoms with Crippen LogP contribution in [0.1, 0.15) is 22.2 Å². The van der Waals surface area contributed by atoms with E-state index in [2.05, 4.69) is 6.58 Å². The highest BCUT2D eigenvalue weighted by molar-refractivity contribution is 7.17. The smallest absolute Gasteiger partial charge is 0.251 e. The number of carbonyl (C=O) groups excluding carboxylic acids is 1. The Morgan fingerprint density at radius 2 is 2.25 bits per heavy atom. The predicted molar refractivity (Wildman–Crippen MR) is 52.0 cm³/mol. The van der Waals surface area contributed by atoms with Crippen LogP contribution >= 0.6 is 11.3 Å². The highest BCUT2D eigenvalue weighted by atomic mass is 32.1. The first-order chi connectivity index (χ1) is 5.52. The van der Waals surface area contributed by atoms with Crippen LogP contribution in [0.25, 0.3) is 5.57 Å². The predicted octanol–water partition coefficient (Wildman–Crippen LogP) is 1.46. The van der Waals surface area contributed by atoms with Gasteiger partial charge in [-0.05, 0) is 18.6 Å². The van der Waals surface area contributed by atoms with Crippen molar-refractivity contribution < 1.29 is 4.79 Å². The summed E-state index contributed by atoms with van der Waals surface area (Å²) >= 11 is 1.33. The van der Waals surface area contributed by atoms with Gasteiger partial charge in [0.25, 0.3) is 5.91 Å². The molecule has 0 radical (unpaired) electrons. The number of nitrogen functional groups attached to an aromatic ring is 1. The van der Waals surface area contributed by atoms with Gasteiger partial charge in [0.15, 0.2) is 0 Å². The Bertz CT molecular complexity index is 341. The van der Waals surface area contributed by atoms with E-state index in [1.165, 1.54) is 11.3 Å². The SMILES string of the molecule is C=C(C)c1cc(C(N)=O)c(N)s1. The molecule has 0 spiro atoms. The number of anilines is 1. The second-order valence-electron chi connectivity index (χ2n) is 2.53. The fourth-order valence-electron chi connectivity index (χ4n) is 0.808. The lowest BCUT2D eigenvalue weighted by Crippen LogP contribution is -2.11. The highest BCUT2D eigenvalue weighted by Gasteiger charge is 2.10. The minimum Gasteiger partial charge on any atom is -0.390 e. The normalized spacial score (nSPS) is 9.75. The van der Waals surface area contributed by atoms with Crippen molar-refractivity contribution >= 4 is 27.8 Å². The molecule has 0 fully saturated rings. The summed E-state index contributed by atoms with van der Waals surface area (Å²) in [5, 5.41) is 0.459. The summed E-state index contributed by atoms with van der Waals surface area (Å²) in [6, 6.07) is 1.67. The van der Waals surface area contributed by atoms with E-state index in [1.807, 2.05) is 6.92 Å². The molecule has 64 valence electrons. The van der Waals surface area contributed by atoms with Gasteiger partial charge in [0, 0.05) is 4.88 Å². The van der Waals surface area contributed by atoms with E-state index < -0.39 is 5.91 Å². The van der Waals surface area contributed by atoms with Crippen LogP contribution in [0.15, 0.2) is 12.6 Å². The minimum atomic E-state index is -0.490. The number of primary amides is 1. The first-order valence-electron chi connectivity index (χ1n) is 3.37. The topological polar surface area (TPSA) is 69.1 Å². The van der Waals surface area contributed by atoms with Crippen molar-refractivity contribution in [1.82, 2.24) is 0 Å². The van der Waals surface area contributed by atoms with E-state index in [9.17, 15) is 4.79 Å². The van der Waals surface area contributed by atoms with Gasteiger partial charge in [-0.25, -0.2) is 0 Å². The maximum atomic E-state index is 10.8. The number of thiophene rings is 1. The molecule has 0 saturated carbocycles. The molecule has 1 heterocycles. The molecule has 3 nitrogen and oxygen atoms in total. The van der Waals surface area contributed by atoms with Crippen LogP contribution < -0.4 is 11.5 Å². The van der Waals surface area contributed by atoms with Crippen molar-refractivity contribution in [2.24, 2.45) is 5.73 Å². The maximum absolute atomic E-state index is 10.8. The van der Waals surface area contributed by atoms with Crippen molar-refractivity contribution in [3.05, 3.63) is 23.1 Å². The first-order valence-corrected chi connectivity index (χ1v) is 4.19. The first kappa shape index (κ1) is 8.80. The third kappa shape index (κ3) is 1.48. The molecule has 0 aliphatic rings. The second kappa shape index (κ2) is 2.98. The average molecular weight is 182 g/mol. The molecule has 12 heavy (non-hydrogen) atoms. The number of hydrogen-bond acceptors (Lipinski definition) is 3. The van der Waals surface area contributed by atoms with Crippen molar-refractivity contribution in [3.63, 3.8) is 0 Å². The summed E-state index contributed by atoms with van der Waals surface area (Å²) in [5.74, 6) is -0.490. The van der Waals surface area contributed by atoms with Gasteiger partial charge in [0.1, 0.15) is 0 Å². The van der Waals surface area contributed by atoms with Gasteiger partial charge >= 0.3 is 0 Å². The molecule has 1 amide bonds. The van der Waals surface area contributed by atoms with Crippen LogP contribution in [-0.4, -0.2) is 5.91 Å². The van der Waals surface area contributed by atoms with Gasteiger partial charge in [0.05, 0.1) is 10.6 Å². The van der Waals surface area contributed by atoms with Crippen LogP contribution in [0.2, 0.25) is 0 Å². The second-order valence-corrected chi connectivity index (χ2v) is 3.62. The van der Waals surface area contributed by atoms with Crippen LogP contribution in [0, 0.1) is 0 Å². The quantitative estimate of drug-likeness (QED) is 0.727. The molecular weight excluding hydrogens is 172 g/mol. The molecule has 0 saturated heterocycles. The zero-order valence-corrected chi connectivity index (χ0v) is 7.57. The number of nitrogens with two attached hydrogens (primary N) is 2. The third-order valence-corrected chi connectivity index (χ3v) is 2.57. The minimum absolute atomic E-state index is 0.387. The fourth-order valence-corrected chi connectivity index (χ4v) is 1.67. The Morgan fingerprint density at radius 1 is 1.67 bits per heavy atom. The molecule has 4 heteroatoms. The molecule has 0 unspecified atom stereocenters. The highest BCUT2D eigenvalue weighted by Crippen LogP contribution is 2.28. The van der Waals surface area contributed by atoms with Gasteiger partial charge < -0.3 is 11.5 Å². The van der Waals surface area contributed by atoms with Gasteiger partial charge in [-0.3, -0.25) is 4.79 Å². The Morgan fingerprint density at radius 3 is 2.50 bits per heavy atom. The van der Waals surface area contributed by atoms with Gasteiger partial charge in [-0.15, -0.1) is 11.3 Å². The summed E-state index contributed by atoms with van der Waals surface area (Å²) in [7, 11) is 0. The summed E-state index contributed by atoms with van der Waals surface area (Å²) < 4.78 is 0. The van der Waals surface area contributed by atoms with Crippen molar-refractivity contribution in [1.29, 1.82) is 0 Å². The number of allylic oxidation sites excluding steroid dienone is 1. The standard InChI is InChI=1S/C8H10N2OS/c1-4(2)6-3-5(7(9)11)8(10)12-6/h3H,1,10H2,2H3,(H2,9,11). The van der Waals surface area contributed by atoms with Crippen molar-refractivity contribution in [2.75, 3.05) is 5.73 Å². The van der Waals surface area contributed by atoms with Crippen molar-refractivity contribution in [2.45, 2.75) is 6.92 Å². The molecule has 1 aromatic heterocycles. The Hall–Kier alpha value is -1.29. The molecule has 1 rings (SSSR count). The lowest BCUT2D eigenvalue weighted by atomic mass is 10.2. The van der Waals surface area contributed by atoms with E-state index in [0.29, 0.717) is 10.6 Å². The number of rotatable bonds is 2.